The maximum absolute atomic E-state index is 13.0. The second-order valence-corrected chi connectivity index (χ2v) is 7.93. The van der Waals surface area contributed by atoms with Crippen molar-refractivity contribution in [2.24, 2.45) is 0 Å². The summed E-state index contributed by atoms with van der Waals surface area (Å²) in [6.07, 6.45) is 1.53. The van der Waals surface area contributed by atoms with Crippen LogP contribution in [0.15, 0.2) is 24.3 Å². The van der Waals surface area contributed by atoms with E-state index in [1.165, 1.54) is 31.4 Å². The summed E-state index contributed by atoms with van der Waals surface area (Å²) in [5.74, 6) is -1.45. The van der Waals surface area contributed by atoms with Crippen molar-refractivity contribution in [1.29, 1.82) is 0 Å². The molecule has 2 fully saturated rings. The second kappa shape index (κ2) is 7.05. The average molecular weight is 359 g/mol. The van der Waals surface area contributed by atoms with Crippen LogP contribution in [0.2, 0.25) is 0 Å². The molecule has 2 aliphatic rings. The van der Waals surface area contributed by atoms with E-state index in [2.05, 4.69) is 4.72 Å². The molecule has 2 unspecified atom stereocenters. The van der Waals surface area contributed by atoms with E-state index in [1.54, 1.807) is 0 Å². The van der Waals surface area contributed by atoms with E-state index in [0.29, 0.717) is 31.6 Å². The van der Waals surface area contributed by atoms with Gasteiger partial charge in [-0.05, 0) is 30.5 Å². The van der Waals surface area contributed by atoms with Gasteiger partial charge >= 0.3 is 0 Å². The van der Waals surface area contributed by atoms with E-state index in [0.717, 1.165) is 6.42 Å². The first kappa shape index (κ1) is 17.8. The van der Waals surface area contributed by atoms with Gasteiger partial charge in [0.2, 0.25) is 10.0 Å². The number of sulfonamides is 1. The van der Waals surface area contributed by atoms with Gasteiger partial charge in [0.15, 0.2) is 5.79 Å². The zero-order chi connectivity index (χ0) is 17.2. The van der Waals surface area contributed by atoms with Gasteiger partial charge < -0.3 is 14.2 Å². The minimum Gasteiger partial charge on any atom is -0.376 e. The standard InChI is InChI=1S/C16H22FNO5S/c1-21-14(12-4-6-13(17)7-5-12)11-24(19,20)18-15-3-2-8-16(15)22-9-10-23-16/h4-7,14-15,18H,2-3,8-11H2,1H3. The molecule has 1 aromatic carbocycles. The minimum atomic E-state index is -3.63. The van der Waals surface area contributed by atoms with Crippen LogP contribution >= 0.6 is 0 Å². The number of hydrogen-bond acceptors (Lipinski definition) is 5. The van der Waals surface area contributed by atoms with Crippen molar-refractivity contribution in [3.8, 4) is 0 Å². The molecule has 8 heteroatoms. The van der Waals surface area contributed by atoms with Gasteiger partial charge in [0.25, 0.3) is 0 Å². The van der Waals surface area contributed by atoms with Crippen molar-refractivity contribution >= 4 is 10.0 Å². The molecular weight excluding hydrogens is 337 g/mol. The summed E-state index contributed by atoms with van der Waals surface area (Å²) >= 11 is 0. The largest absolute Gasteiger partial charge is 0.376 e. The Labute approximate surface area is 141 Å². The van der Waals surface area contributed by atoms with Crippen LogP contribution in [-0.2, 0) is 24.2 Å². The molecule has 134 valence electrons. The molecule has 6 nitrogen and oxygen atoms in total. The van der Waals surface area contributed by atoms with E-state index >= 15 is 0 Å². The quantitative estimate of drug-likeness (QED) is 0.837. The van der Waals surface area contributed by atoms with E-state index in [9.17, 15) is 12.8 Å². The molecule has 1 aliphatic heterocycles. The number of nitrogens with one attached hydrogen (secondary N) is 1. The molecule has 1 saturated carbocycles. The maximum atomic E-state index is 13.0. The molecule has 1 aliphatic carbocycles. The number of methoxy groups -OCH3 is 1. The summed E-state index contributed by atoms with van der Waals surface area (Å²) in [5, 5.41) is 0. The maximum Gasteiger partial charge on any atom is 0.214 e. The van der Waals surface area contributed by atoms with E-state index in [4.69, 9.17) is 14.2 Å². The van der Waals surface area contributed by atoms with Gasteiger partial charge in [-0.2, -0.15) is 0 Å². The average Bonchev–Trinajstić information content (AvgIpc) is 3.17. The van der Waals surface area contributed by atoms with Crippen molar-refractivity contribution in [3.05, 3.63) is 35.6 Å². The lowest BCUT2D eigenvalue weighted by Gasteiger charge is -2.30. The summed E-state index contributed by atoms with van der Waals surface area (Å²) in [6, 6.07) is 5.23. The van der Waals surface area contributed by atoms with Crippen LogP contribution in [0.4, 0.5) is 4.39 Å². The fraction of sp³-hybridized carbons (Fsp3) is 0.625. The molecule has 0 bridgehead atoms. The summed E-state index contributed by atoms with van der Waals surface area (Å²) in [4.78, 5) is 0. The van der Waals surface area contributed by atoms with Crippen LogP contribution < -0.4 is 4.72 Å². The third-order valence-corrected chi connectivity index (χ3v) is 5.93. The van der Waals surface area contributed by atoms with Gasteiger partial charge in [0.1, 0.15) is 5.82 Å². The van der Waals surface area contributed by atoms with Crippen LogP contribution in [0.3, 0.4) is 0 Å². The number of benzene rings is 1. The highest BCUT2D eigenvalue weighted by Gasteiger charge is 2.49. The number of rotatable bonds is 6. The lowest BCUT2D eigenvalue weighted by atomic mass is 10.1. The minimum absolute atomic E-state index is 0.248. The van der Waals surface area contributed by atoms with Crippen molar-refractivity contribution in [3.63, 3.8) is 0 Å². The zero-order valence-corrected chi connectivity index (χ0v) is 14.4. The molecule has 1 aromatic rings. The molecule has 1 heterocycles. The third-order valence-electron chi connectivity index (χ3n) is 4.54. The van der Waals surface area contributed by atoms with Gasteiger partial charge in [-0.25, -0.2) is 17.5 Å². The molecule has 24 heavy (non-hydrogen) atoms. The molecule has 1 N–H and O–H groups in total. The predicted molar refractivity (Wildman–Crippen MR) is 85.3 cm³/mol. The molecule has 0 amide bonds. The van der Waals surface area contributed by atoms with E-state index in [1.807, 2.05) is 0 Å². The molecule has 1 saturated heterocycles. The lowest BCUT2D eigenvalue weighted by molar-refractivity contribution is -0.162. The number of hydrogen-bond donors (Lipinski definition) is 1. The van der Waals surface area contributed by atoms with E-state index in [-0.39, 0.29) is 11.6 Å². The second-order valence-electron chi connectivity index (χ2n) is 6.13. The summed E-state index contributed by atoms with van der Waals surface area (Å²) < 4.78 is 57.5. The Bertz CT molecular complexity index is 652. The zero-order valence-electron chi connectivity index (χ0n) is 13.5. The monoisotopic (exact) mass is 359 g/mol. The molecule has 1 spiro atoms. The SMILES string of the molecule is COC(CS(=O)(=O)NC1CCCC12OCCO2)c1ccc(F)cc1. The first-order valence-electron chi connectivity index (χ1n) is 8.00. The van der Waals surface area contributed by atoms with Crippen LogP contribution in [0, 0.1) is 5.82 Å². The van der Waals surface area contributed by atoms with Crippen molar-refractivity contribution in [2.75, 3.05) is 26.1 Å². The van der Waals surface area contributed by atoms with E-state index < -0.39 is 28.0 Å². The Kier molecular flexibility index (Phi) is 5.22. The van der Waals surface area contributed by atoms with Gasteiger partial charge in [0, 0.05) is 13.5 Å². The van der Waals surface area contributed by atoms with Gasteiger partial charge in [-0.3, -0.25) is 0 Å². The topological polar surface area (TPSA) is 73.9 Å². The molecule has 2 atom stereocenters. The summed E-state index contributed by atoms with van der Waals surface area (Å²) in [7, 11) is -2.19. The Morgan fingerprint density at radius 2 is 2.00 bits per heavy atom. The smallest absolute Gasteiger partial charge is 0.214 e. The van der Waals surface area contributed by atoms with Crippen molar-refractivity contribution in [2.45, 2.75) is 37.2 Å². The predicted octanol–water partition coefficient (Wildman–Crippen LogP) is 1.73. The van der Waals surface area contributed by atoms with Crippen molar-refractivity contribution in [1.82, 2.24) is 4.72 Å². The Morgan fingerprint density at radius 3 is 2.62 bits per heavy atom. The van der Waals surface area contributed by atoms with Crippen LogP contribution in [0.25, 0.3) is 0 Å². The normalized spacial score (nSPS) is 24.5. The molecule has 0 aromatic heterocycles. The highest BCUT2D eigenvalue weighted by atomic mass is 32.2. The first-order chi connectivity index (χ1) is 11.4. The van der Waals surface area contributed by atoms with Crippen molar-refractivity contribution < 1.29 is 27.0 Å². The Hall–Kier alpha value is -1.06. The highest BCUT2D eigenvalue weighted by molar-refractivity contribution is 7.89. The first-order valence-corrected chi connectivity index (χ1v) is 9.65. The Balaban J connectivity index is 1.69. The molecule has 3 rings (SSSR count). The van der Waals surface area contributed by atoms with Gasteiger partial charge in [-0.1, -0.05) is 12.1 Å². The third kappa shape index (κ3) is 3.78. The van der Waals surface area contributed by atoms with Gasteiger partial charge in [0.05, 0.1) is 31.1 Å². The summed E-state index contributed by atoms with van der Waals surface area (Å²) in [5.41, 5.74) is 0.610. The van der Waals surface area contributed by atoms with Crippen LogP contribution in [0.1, 0.15) is 30.9 Å². The fourth-order valence-corrected chi connectivity index (χ4v) is 4.91. The van der Waals surface area contributed by atoms with Crippen LogP contribution in [-0.4, -0.2) is 46.3 Å². The number of ether oxygens (including phenoxy) is 3. The van der Waals surface area contributed by atoms with Crippen LogP contribution in [0.5, 0.6) is 0 Å². The highest BCUT2D eigenvalue weighted by Crippen LogP contribution is 2.38. The lowest BCUT2D eigenvalue weighted by Crippen LogP contribution is -2.50. The fourth-order valence-electron chi connectivity index (χ4n) is 3.35. The molecule has 0 radical (unpaired) electrons. The number of halogens is 1. The molecular formula is C16H22FNO5S. The van der Waals surface area contributed by atoms with Gasteiger partial charge in [-0.15, -0.1) is 0 Å². The Morgan fingerprint density at radius 1 is 1.33 bits per heavy atom. The summed E-state index contributed by atoms with van der Waals surface area (Å²) in [6.45, 7) is 0.961.